The van der Waals surface area contributed by atoms with Gasteiger partial charge in [-0.05, 0) is 51.4 Å². The summed E-state index contributed by atoms with van der Waals surface area (Å²) in [6, 6.07) is 8.89. The average Bonchev–Trinajstić information content (AvgIpc) is 3.01. The van der Waals surface area contributed by atoms with Crippen molar-refractivity contribution in [3.63, 3.8) is 0 Å². The number of carbonyl (C=O) groups excluding carboxylic acids is 1. The third kappa shape index (κ3) is 3.84. The number of hydrogen-bond acceptors (Lipinski definition) is 4. The van der Waals surface area contributed by atoms with E-state index in [-0.39, 0.29) is 11.9 Å². The van der Waals surface area contributed by atoms with Crippen molar-refractivity contribution in [3.8, 4) is 0 Å². The van der Waals surface area contributed by atoms with Crippen molar-refractivity contribution in [3.05, 3.63) is 51.5 Å². The minimum Gasteiger partial charge on any atom is -0.330 e. The molecule has 0 saturated carbocycles. The van der Waals surface area contributed by atoms with Gasteiger partial charge in [0.1, 0.15) is 5.69 Å². The second-order valence-electron chi connectivity index (χ2n) is 6.74. The molecule has 5 heteroatoms. The van der Waals surface area contributed by atoms with Gasteiger partial charge in [0, 0.05) is 18.5 Å². The van der Waals surface area contributed by atoms with Gasteiger partial charge >= 0.3 is 0 Å². The number of piperidine rings is 1. The highest BCUT2D eigenvalue weighted by atomic mass is 32.1. The molecule has 0 aliphatic carbocycles. The van der Waals surface area contributed by atoms with E-state index in [9.17, 15) is 4.79 Å². The average molecular weight is 343 g/mol. The predicted molar refractivity (Wildman–Crippen MR) is 98.3 cm³/mol. The Kier molecular flexibility index (Phi) is 5.31. The number of carbonyl (C=O) groups is 1. The van der Waals surface area contributed by atoms with E-state index in [0.29, 0.717) is 5.69 Å². The van der Waals surface area contributed by atoms with Crippen LogP contribution in [0.4, 0.5) is 0 Å². The van der Waals surface area contributed by atoms with E-state index >= 15 is 0 Å². The largest absolute Gasteiger partial charge is 0.330 e. The maximum Gasteiger partial charge on any atom is 0.273 e. The van der Waals surface area contributed by atoms with Crippen molar-refractivity contribution in [1.29, 1.82) is 0 Å². The quantitative estimate of drug-likeness (QED) is 0.845. The van der Waals surface area contributed by atoms with Crippen LogP contribution >= 0.6 is 11.3 Å². The van der Waals surface area contributed by atoms with Gasteiger partial charge in [-0.3, -0.25) is 4.79 Å². The van der Waals surface area contributed by atoms with Gasteiger partial charge in [-0.1, -0.05) is 24.3 Å². The summed E-state index contributed by atoms with van der Waals surface area (Å²) in [5.41, 5.74) is 3.12. The molecule has 2 aromatic rings. The van der Waals surface area contributed by atoms with Gasteiger partial charge in [0.05, 0.1) is 11.0 Å². The Hall–Kier alpha value is -1.72. The van der Waals surface area contributed by atoms with Crippen LogP contribution in [-0.2, 0) is 6.54 Å². The van der Waals surface area contributed by atoms with Gasteiger partial charge in [0.2, 0.25) is 0 Å². The van der Waals surface area contributed by atoms with Crippen LogP contribution in [0.1, 0.15) is 51.9 Å². The Labute approximate surface area is 148 Å². The number of aryl methyl sites for hydroxylation is 1. The molecule has 1 aromatic heterocycles. The van der Waals surface area contributed by atoms with Gasteiger partial charge in [0.25, 0.3) is 5.91 Å². The van der Waals surface area contributed by atoms with Gasteiger partial charge in [-0.15, -0.1) is 11.3 Å². The fourth-order valence-electron chi connectivity index (χ4n) is 3.34. The van der Waals surface area contributed by atoms with Gasteiger partial charge < -0.3 is 9.80 Å². The first-order valence-corrected chi connectivity index (χ1v) is 9.39. The number of amides is 1. The first-order valence-electron chi connectivity index (χ1n) is 8.51. The molecule has 0 radical (unpaired) electrons. The zero-order chi connectivity index (χ0) is 17.1. The third-order valence-corrected chi connectivity index (χ3v) is 5.24. The van der Waals surface area contributed by atoms with Gasteiger partial charge in [-0.25, -0.2) is 4.98 Å². The van der Waals surface area contributed by atoms with Crippen LogP contribution in [0.3, 0.4) is 0 Å². The van der Waals surface area contributed by atoms with E-state index in [4.69, 9.17) is 0 Å². The molecular formula is C19H25N3OS. The Morgan fingerprint density at radius 1 is 1.29 bits per heavy atom. The zero-order valence-electron chi connectivity index (χ0n) is 14.7. The second kappa shape index (κ2) is 7.45. The topological polar surface area (TPSA) is 36.4 Å². The minimum absolute atomic E-state index is 0.0708. The van der Waals surface area contributed by atoms with Crippen molar-refractivity contribution >= 4 is 17.2 Å². The summed E-state index contributed by atoms with van der Waals surface area (Å²) in [7, 11) is 4.15. The molecular weight excluding hydrogens is 318 g/mol. The molecule has 24 heavy (non-hydrogen) atoms. The number of benzene rings is 1. The fraction of sp³-hybridized carbons (Fsp3) is 0.474. The predicted octanol–water partition coefficient (Wildman–Crippen LogP) is 3.88. The highest BCUT2D eigenvalue weighted by molar-refractivity contribution is 7.09. The van der Waals surface area contributed by atoms with Gasteiger partial charge in [-0.2, -0.15) is 0 Å². The lowest BCUT2D eigenvalue weighted by molar-refractivity contribution is 0.0606. The third-order valence-electron chi connectivity index (χ3n) is 4.47. The van der Waals surface area contributed by atoms with Crippen LogP contribution in [0.2, 0.25) is 0 Å². The summed E-state index contributed by atoms with van der Waals surface area (Å²) >= 11 is 1.54. The van der Waals surface area contributed by atoms with Crippen LogP contribution < -0.4 is 0 Å². The lowest BCUT2D eigenvalue weighted by atomic mass is 9.94. The molecule has 4 nitrogen and oxygen atoms in total. The normalized spacial score (nSPS) is 18.2. The van der Waals surface area contributed by atoms with Crippen molar-refractivity contribution in [2.75, 3.05) is 20.6 Å². The number of rotatable bonds is 4. The Bertz CT molecular complexity index is 693. The minimum atomic E-state index is 0.0708. The van der Waals surface area contributed by atoms with Crippen molar-refractivity contribution in [2.24, 2.45) is 0 Å². The van der Waals surface area contributed by atoms with E-state index in [1.165, 1.54) is 28.9 Å². The summed E-state index contributed by atoms with van der Waals surface area (Å²) < 4.78 is 0. The van der Waals surface area contributed by atoms with Crippen LogP contribution in [0, 0.1) is 6.92 Å². The molecule has 1 aromatic carbocycles. The zero-order valence-corrected chi connectivity index (χ0v) is 15.5. The second-order valence-corrected chi connectivity index (χ2v) is 7.80. The van der Waals surface area contributed by atoms with E-state index in [1.54, 1.807) is 0 Å². The molecule has 0 spiro atoms. The highest BCUT2D eigenvalue weighted by Crippen LogP contribution is 2.32. The molecule has 3 rings (SSSR count). The molecule has 2 heterocycles. The molecule has 0 N–H and O–H groups in total. The van der Waals surface area contributed by atoms with E-state index in [0.717, 1.165) is 30.9 Å². The number of thiazole rings is 1. The molecule has 1 aliphatic heterocycles. The molecule has 0 bridgehead atoms. The van der Waals surface area contributed by atoms with Crippen molar-refractivity contribution < 1.29 is 4.79 Å². The fourth-order valence-corrected chi connectivity index (χ4v) is 3.93. The number of hydrogen-bond donors (Lipinski definition) is 0. The number of nitrogens with zero attached hydrogens (tertiary/aromatic N) is 3. The summed E-state index contributed by atoms with van der Waals surface area (Å²) in [5.74, 6) is 0.0708. The smallest absolute Gasteiger partial charge is 0.273 e. The Morgan fingerprint density at radius 2 is 2.04 bits per heavy atom. The number of likely N-dealkylation sites (tertiary alicyclic amines) is 1. The Morgan fingerprint density at radius 3 is 2.67 bits per heavy atom. The maximum absolute atomic E-state index is 12.9. The SMILES string of the molecule is Cc1nc(C(=O)N2CCCC[C@@H]2c2ccc(CN(C)C)cc2)cs1. The summed E-state index contributed by atoms with van der Waals surface area (Å²) in [6.45, 7) is 3.70. The molecule has 1 amide bonds. The lowest BCUT2D eigenvalue weighted by Gasteiger charge is -2.35. The highest BCUT2D eigenvalue weighted by Gasteiger charge is 2.29. The van der Waals surface area contributed by atoms with Gasteiger partial charge in [0.15, 0.2) is 0 Å². The van der Waals surface area contributed by atoms with Crippen LogP contribution in [0.25, 0.3) is 0 Å². The standard InChI is InChI=1S/C19H25N3OS/c1-14-20-17(13-24-14)19(23)22-11-5-4-6-18(22)16-9-7-15(8-10-16)12-21(2)3/h7-10,13,18H,4-6,11-12H2,1-3H3/t18-/m1/s1. The van der Waals surface area contributed by atoms with Crippen LogP contribution in [-0.4, -0.2) is 41.3 Å². The van der Waals surface area contributed by atoms with Crippen LogP contribution in [0.15, 0.2) is 29.6 Å². The summed E-state index contributed by atoms with van der Waals surface area (Å²) in [5, 5.41) is 2.82. The van der Waals surface area contributed by atoms with E-state index in [1.807, 2.05) is 17.2 Å². The van der Waals surface area contributed by atoms with Crippen LogP contribution in [0.5, 0.6) is 0 Å². The molecule has 128 valence electrons. The molecule has 1 aliphatic rings. The van der Waals surface area contributed by atoms with Crippen molar-refractivity contribution in [1.82, 2.24) is 14.8 Å². The first kappa shape index (κ1) is 17.1. The number of aromatic nitrogens is 1. The maximum atomic E-state index is 12.9. The van der Waals surface area contributed by atoms with E-state index in [2.05, 4.69) is 48.2 Å². The Balaban J connectivity index is 1.80. The summed E-state index contributed by atoms with van der Waals surface area (Å²) in [6.07, 6.45) is 3.27. The molecule has 1 fully saturated rings. The first-order chi connectivity index (χ1) is 11.5. The van der Waals surface area contributed by atoms with Crippen molar-refractivity contribution in [2.45, 2.75) is 38.8 Å². The lowest BCUT2D eigenvalue weighted by Crippen LogP contribution is -2.38. The molecule has 1 atom stereocenters. The molecule has 0 unspecified atom stereocenters. The monoisotopic (exact) mass is 343 g/mol. The van der Waals surface area contributed by atoms with E-state index < -0.39 is 0 Å². The summed E-state index contributed by atoms with van der Waals surface area (Å²) in [4.78, 5) is 21.4. The molecule has 1 saturated heterocycles.